The predicted octanol–water partition coefficient (Wildman–Crippen LogP) is 2.68. The summed E-state index contributed by atoms with van der Waals surface area (Å²) in [6.45, 7) is 0.0446. The Balaban J connectivity index is 1.76. The number of para-hydroxylation sites is 1. The molecule has 0 heterocycles. The van der Waals surface area contributed by atoms with E-state index in [1.54, 1.807) is 36.4 Å². The van der Waals surface area contributed by atoms with E-state index in [4.69, 9.17) is 14.7 Å². The molecule has 0 saturated heterocycles. The molecule has 0 aliphatic rings. The molecule has 2 rings (SSSR count). The zero-order valence-electron chi connectivity index (χ0n) is 10.8. The first-order valence-corrected chi connectivity index (χ1v) is 6.10. The smallest absolute Gasteiger partial charge is 0.344 e. The van der Waals surface area contributed by atoms with E-state index in [9.17, 15) is 4.79 Å². The summed E-state index contributed by atoms with van der Waals surface area (Å²) in [4.78, 5) is 11.5. The van der Waals surface area contributed by atoms with Gasteiger partial charge in [0, 0.05) is 0 Å². The van der Waals surface area contributed by atoms with Gasteiger partial charge < -0.3 is 9.47 Å². The van der Waals surface area contributed by atoms with Crippen molar-refractivity contribution >= 4 is 5.97 Å². The maximum absolute atomic E-state index is 11.5. The molecule has 0 amide bonds. The Morgan fingerprint density at radius 1 is 1.05 bits per heavy atom. The number of hydrogen-bond donors (Lipinski definition) is 0. The van der Waals surface area contributed by atoms with Gasteiger partial charge in [-0.1, -0.05) is 30.3 Å². The molecule has 100 valence electrons. The van der Waals surface area contributed by atoms with Gasteiger partial charge in [-0.05, 0) is 29.8 Å². The van der Waals surface area contributed by atoms with E-state index in [0.29, 0.717) is 11.3 Å². The van der Waals surface area contributed by atoms with Gasteiger partial charge in [0.15, 0.2) is 6.61 Å². The van der Waals surface area contributed by atoms with Crippen molar-refractivity contribution in [2.24, 2.45) is 0 Å². The van der Waals surface area contributed by atoms with Crippen molar-refractivity contribution in [3.63, 3.8) is 0 Å². The largest absolute Gasteiger partial charge is 0.482 e. The van der Waals surface area contributed by atoms with Crippen molar-refractivity contribution in [2.75, 3.05) is 6.61 Å². The molecule has 0 unspecified atom stereocenters. The molecule has 0 aliphatic carbocycles. The van der Waals surface area contributed by atoms with Gasteiger partial charge in [-0.3, -0.25) is 0 Å². The molecule has 0 spiro atoms. The van der Waals surface area contributed by atoms with Crippen molar-refractivity contribution in [1.82, 2.24) is 0 Å². The van der Waals surface area contributed by atoms with E-state index < -0.39 is 5.97 Å². The lowest BCUT2D eigenvalue weighted by Crippen LogP contribution is -2.14. The molecule has 20 heavy (non-hydrogen) atoms. The van der Waals surface area contributed by atoms with Crippen LogP contribution in [0.5, 0.6) is 5.75 Å². The second-order valence-electron chi connectivity index (χ2n) is 4.07. The van der Waals surface area contributed by atoms with Gasteiger partial charge in [-0.15, -0.1) is 0 Å². The average molecular weight is 267 g/mol. The van der Waals surface area contributed by atoms with Crippen LogP contribution < -0.4 is 4.74 Å². The van der Waals surface area contributed by atoms with Gasteiger partial charge in [-0.25, -0.2) is 4.79 Å². The van der Waals surface area contributed by atoms with E-state index in [-0.39, 0.29) is 13.2 Å². The van der Waals surface area contributed by atoms with Gasteiger partial charge in [-0.2, -0.15) is 5.26 Å². The highest BCUT2D eigenvalue weighted by atomic mass is 16.6. The summed E-state index contributed by atoms with van der Waals surface area (Å²) in [6.07, 6.45) is 0. The maximum atomic E-state index is 11.5. The van der Waals surface area contributed by atoms with Gasteiger partial charge in [0.1, 0.15) is 12.4 Å². The SMILES string of the molecule is N#Cc1ccc(COC(=O)COc2ccccc2)cc1. The molecule has 0 atom stereocenters. The van der Waals surface area contributed by atoms with E-state index in [1.165, 1.54) is 0 Å². The maximum Gasteiger partial charge on any atom is 0.344 e. The molecule has 0 N–H and O–H groups in total. The van der Waals surface area contributed by atoms with Crippen LogP contribution in [0.3, 0.4) is 0 Å². The summed E-state index contributed by atoms with van der Waals surface area (Å²) in [5, 5.41) is 8.67. The van der Waals surface area contributed by atoms with E-state index in [2.05, 4.69) is 0 Å². The summed E-state index contributed by atoms with van der Waals surface area (Å²) >= 11 is 0. The highest BCUT2D eigenvalue weighted by molar-refractivity contribution is 5.71. The minimum absolute atomic E-state index is 0.125. The quantitative estimate of drug-likeness (QED) is 0.781. The molecule has 0 radical (unpaired) electrons. The number of nitriles is 1. The zero-order valence-corrected chi connectivity index (χ0v) is 10.8. The Morgan fingerprint density at radius 2 is 1.75 bits per heavy atom. The van der Waals surface area contributed by atoms with Crippen LogP contribution in [-0.4, -0.2) is 12.6 Å². The van der Waals surface area contributed by atoms with Crippen molar-refractivity contribution < 1.29 is 14.3 Å². The number of carbonyl (C=O) groups is 1. The zero-order chi connectivity index (χ0) is 14.2. The Labute approximate surface area is 117 Å². The molecule has 4 heteroatoms. The molecule has 0 saturated carbocycles. The summed E-state index contributed by atoms with van der Waals surface area (Å²) in [5.74, 6) is 0.195. The van der Waals surface area contributed by atoms with E-state index in [0.717, 1.165) is 5.56 Å². The van der Waals surface area contributed by atoms with Crippen molar-refractivity contribution in [2.45, 2.75) is 6.61 Å². The highest BCUT2D eigenvalue weighted by Crippen LogP contribution is 2.09. The van der Waals surface area contributed by atoms with Gasteiger partial charge in [0.05, 0.1) is 11.6 Å². The Hall–Kier alpha value is -2.80. The number of ether oxygens (including phenoxy) is 2. The number of esters is 1. The van der Waals surface area contributed by atoms with Crippen LogP contribution in [0.4, 0.5) is 0 Å². The van der Waals surface area contributed by atoms with Crippen LogP contribution in [0, 0.1) is 11.3 Å². The minimum atomic E-state index is -0.432. The standard InChI is InChI=1S/C16H13NO3/c17-10-13-6-8-14(9-7-13)11-20-16(18)12-19-15-4-2-1-3-5-15/h1-9H,11-12H2. The molecule has 0 bridgehead atoms. The average Bonchev–Trinajstić information content (AvgIpc) is 2.52. The van der Waals surface area contributed by atoms with Crippen LogP contribution in [0.25, 0.3) is 0 Å². The first-order chi connectivity index (χ1) is 9.78. The topological polar surface area (TPSA) is 59.3 Å². The summed E-state index contributed by atoms with van der Waals surface area (Å²) in [7, 11) is 0. The van der Waals surface area contributed by atoms with Crippen molar-refractivity contribution in [1.29, 1.82) is 5.26 Å². The minimum Gasteiger partial charge on any atom is -0.482 e. The van der Waals surface area contributed by atoms with Crippen LogP contribution in [0.15, 0.2) is 54.6 Å². The fourth-order valence-electron chi connectivity index (χ4n) is 1.54. The van der Waals surface area contributed by atoms with Crippen LogP contribution in [0.1, 0.15) is 11.1 Å². The number of nitrogens with zero attached hydrogens (tertiary/aromatic N) is 1. The third kappa shape index (κ3) is 4.14. The number of carbonyl (C=O) groups excluding carboxylic acids is 1. The van der Waals surface area contributed by atoms with Crippen LogP contribution in [-0.2, 0) is 16.1 Å². The normalized spacial score (nSPS) is 9.55. The van der Waals surface area contributed by atoms with Crippen molar-refractivity contribution in [3.05, 3.63) is 65.7 Å². The third-order valence-electron chi connectivity index (χ3n) is 2.58. The van der Waals surface area contributed by atoms with Crippen LogP contribution in [0.2, 0.25) is 0 Å². The fourth-order valence-corrected chi connectivity index (χ4v) is 1.54. The Morgan fingerprint density at radius 3 is 2.40 bits per heavy atom. The molecule has 0 fully saturated rings. The second kappa shape index (κ2) is 6.95. The second-order valence-corrected chi connectivity index (χ2v) is 4.07. The molecule has 2 aromatic carbocycles. The molecule has 0 aliphatic heterocycles. The Kier molecular flexibility index (Phi) is 4.74. The monoisotopic (exact) mass is 267 g/mol. The summed E-state index contributed by atoms with van der Waals surface area (Å²) in [5.41, 5.74) is 1.41. The number of benzene rings is 2. The third-order valence-corrected chi connectivity index (χ3v) is 2.58. The highest BCUT2D eigenvalue weighted by Gasteiger charge is 2.04. The molecule has 2 aromatic rings. The lowest BCUT2D eigenvalue weighted by Gasteiger charge is -2.07. The molecular weight excluding hydrogens is 254 g/mol. The summed E-state index contributed by atoms with van der Waals surface area (Å²) < 4.78 is 10.4. The predicted molar refractivity (Wildman–Crippen MR) is 72.9 cm³/mol. The molecular formula is C16H13NO3. The number of rotatable bonds is 5. The van der Waals surface area contributed by atoms with Gasteiger partial charge in [0.25, 0.3) is 0 Å². The van der Waals surface area contributed by atoms with Gasteiger partial charge >= 0.3 is 5.97 Å². The first-order valence-electron chi connectivity index (χ1n) is 6.10. The van der Waals surface area contributed by atoms with E-state index >= 15 is 0 Å². The van der Waals surface area contributed by atoms with E-state index in [1.807, 2.05) is 24.3 Å². The fraction of sp³-hybridized carbons (Fsp3) is 0.125. The number of hydrogen-bond acceptors (Lipinski definition) is 4. The molecule has 4 nitrogen and oxygen atoms in total. The van der Waals surface area contributed by atoms with Crippen molar-refractivity contribution in [3.8, 4) is 11.8 Å². The Bertz CT molecular complexity index is 600. The van der Waals surface area contributed by atoms with Gasteiger partial charge in [0.2, 0.25) is 0 Å². The lowest BCUT2D eigenvalue weighted by atomic mass is 10.2. The molecule has 0 aromatic heterocycles. The summed E-state index contributed by atoms with van der Waals surface area (Å²) in [6, 6.07) is 18.0. The van der Waals surface area contributed by atoms with Crippen LogP contribution >= 0.6 is 0 Å². The lowest BCUT2D eigenvalue weighted by molar-refractivity contribution is -0.147. The first kappa shape index (κ1) is 13.6.